The van der Waals surface area contributed by atoms with Crippen LogP contribution < -0.4 is 0 Å². The highest BCUT2D eigenvalue weighted by molar-refractivity contribution is 6.01. The van der Waals surface area contributed by atoms with Crippen LogP contribution in [-0.4, -0.2) is 30.1 Å². The van der Waals surface area contributed by atoms with E-state index in [1.807, 2.05) is 6.07 Å². The minimum absolute atomic E-state index is 0.242. The average Bonchev–Trinajstić information content (AvgIpc) is 2.87. The van der Waals surface area contributed by atoms with E-state index in [1.54, 1.807) is 20.0 Å². The molecule has 1 aliphatic rings. The van der Waals surface area contributed by atoms with Gasteiger partial charge in [0.1, 0.15) is 0 Å². The van der Waals surface area contributed by atoms with Gasteiger partial charge in [-0.15, -0.1) is 0 Å². The maximum atomic E-state index is 12.4. The molecular weight excluding hydrogens is 282 g/mol. The van der Waals surface area contributed by atoms with Crippen molar-refractivity contribution in [2.45, 2.75) is 46.5 Å². The molecule has 0 aromatic carbocycles. The molecule has 0 amide bonds. The molecule has 0 bridgehead atoms. The molecule has 0 unspecified atom stereocenters. The Hall–Kier alpha value is -1.91. The molecule has 1 aromatic heterocycles. The van der Waals surface area contributed by atoms with E-state index >= 15 is 0 Å². The van der Waals surface area contributed by atoms with Crippen LogP contribution in [0.4, 0.5) is 0 Å². The molecule has 0 atom stereocenters. The molecule has 0 N–H and O–H groups in total. The first-order valence-corrected chi connectivity index (χ1v) is 7.76. The fraction of sp³-hybridized carbons (Fsp3) is 0.588. The number of carbonyl (C=O) groups is 2. The lowest BCUT2D eigenvalue weighted by atomic mass is 9.84. The third-order valence-corrected chi connectivity index (χ3v) is 4.01. The van der Waals surface area contributed by atoms with Gasteiger partial charge in [-0.25, -0.2) is 0 Å². The second-order valence-corrected chi connectivity index (χ2v) is 5.91. The van der Waals surface area contributed by atoms with E-state index in [1.165, 1.54) is 0 Å². The maximum Gasteiger partial charge on any atom is 0.324 e. The highest BCUT2D eigenvalue weighted by Crippen LogP contribution is 2.40. The molecule has 120 valence electrons. The number of esters is 2. The second kappa shape index (κ2) is 6.46. The number of nitrogens with zero attached hydrogens (tertiary/aromatic N) is 1. The van der Waals surface area contributed by atoms with Gasteiger partial charge in [0.2, 0.25) is 0 Å². The normalized spacial score (nSPS) is 15.5. The van der Waals surface area contributed by atoms with E-state index in [0.717, 1.165) is 16.8 Å². The zero-order valence-corrected chi connectivity index (χ0v) is 13.6. The Balaban J connectivity index is 2.37. The van der Waals surface area contributed by atoms with Crippen molar-refractivity contribution in [3.8, 4) is 0 Å². The van der Waals surface area contributed by atoms with Crippen LogP contribution in [0.5, 0.6) is 0 Å². The van der Waals surface area contributed by atoms with Crippen molar-refractivity contribution in [3.63, 3.8) is 0 Å². The Bertz CT molecular complexity index is 562. The van der Waals surface area contributed by atoms with Gasteiger partial charge in [0.15, 0.2) is 5.41 Å². The summed E-state index contributed by atoms with van der Waals surface area (Å²) < 4.78 is 10.3. The fourth-order valence-corrected chi connectivity index (χ4v) is 2.81. The van der Waals surface area contributed by atoms with Crippen molar-refractivity contribution < 1.29 is 19.1 Å². The largest absolute Gasteiger partial charge is 0.465 e. The van der Waals surface area contributed by atoms with Crippen molar-refractivity contribution >= 4 is 11.9 Å². The van der Waals surface area contributed by atoms with Crippen LogP contribution in [0.3, 0.4) is 0 Å². The van der Waals surface area contributed by atoms with E-state index in [2.05, 4.69) is 18.8 Å². The molecule has 22 heavy (non-hydrogen) atoms. The first kappa shape index (κ1) is 16.5. The Kier molecular flexibility index (Phi) is 4.84. The van der Waals surface area contributed by atoms with E-state index in [9.17, 15) is 9.59 Å². The number of hydrogen-bond acceptors (Lipinski definition) is 5. The topological polar surface area (TPSA) is 65.5 Å². The molecule has 5 heteroatoms. The third kappa shape index (κ3) is 2.85. The van der Waals surface area contributed by atoms with Crippen molar-refractivity contribution in [2.75, 3.05) is 13.2 Å². The van der Waals surface area contributed by atoms with Crippen LogP contribution in [0.2, 0.25) is 0 Å². The zero-order chi connectivity index (χ0) is 16.3. The van der Waals surface area contributed by atoms with Gasteiger partial charge in [0.25, 0.3) is 0 Å². The van der Waals surface area contributed by atoms with Crippen molar-refractivity contribution in [1.82, 2.24) is 4.98 Å². The molecule has 0 saturated carbocycles. The lowest BCUT2D eigenvalue weighted by Gasteiger charge is -2.23. The summed E-state index contributed by atoms with van der Waals surface area (Å²) in [7, 11) is 0. The number of hydrogen-bond donors (Lipinski definition) is 0. The number of fused-ring (bicyclic) bond motifs is 1. The van der Waals surface area contributed by atoms with Crippen LogP contribution in [0, 0.1) is 5.41 Å². The minimum Gasteiger partial charge on any atom is -0.465 e. The molecule has 5 nitrogen and oxygen atoms in total. The first-order chi connectivity index (χ1) is 10.4. The Labute approximate surface area is 131 Å². The van der Waals surface area contributed by atoms with Gasteiger partial charge in [-0.05, 0) is 43.4 Å². The molecule has 0 aliphatic heterocycles. The number of aromatic nitrogens is 1. The smallest absolute Gasteiger partial charge is 0.324 e. The van der Waals surface area contributed by atoms with Gasteiger partial charge in [-0.3, -0.25) is 14.6 Å². The van der Waals surface area contributed by atoms with Gasteiger partial charge in [0.05, 0.1) is 13.2 Å². The summed E-state index contributed by atoms with van der Waals surface area (Å²) in [4.78, 5) is 29.3. The van der Waals surface area contributed by atoms with Gasteiger partial charge < -0.3 is 9.47 Å². The van der Waals surface area contributed by atoms with Crippen LogP contribution in [0.15, 0.2) is 12.3 Å². The zero-order valence-electron chi connectivity index (χ0n) is 13.6. The Morgan fingerprint density at radius 1 is 1.14 bits per heavy atom. The van der Waals surface area contributed by atoms with E-state index < -0.39 is 17.4 Å². The van der Waals surface area contributed by atoms with Crippen LogP contribution in [-0.2, 0) is 31.9 Å². The molecule has 0 radical (unpaired) electrons. The number of ether oxygens (including phenoxy) is 2. The monoisotopic (exact) mass is 305 g/mol. The summed E-state index contributed by atoms with van der Waals surface area (Å²) in [5.41, 5.74) is 1.61. The van der Waals surface area contributed by atoms with Crippen molar-refractivity contribution in [3.05, 3.63) is 29.1 Å². The molecule has 1 aliphatic carbocycles. The molecule has 2 rings (SSSR count). The quantitative estimate of drug-likeness (QED) is 0.617. The molecule has 1 aromatic rings. The summed E-state index contributed by atoms with van der Waals surface area (Å²) in [5.74, 6) is -0.711. The highest BCUT2D eigenvalue weighted by Gasteiger charge is 2.53. The third-order valence-electron chi connectivity index (χ3n) is 4.01. The minimum atomic E-state index is -1.26. The summed E-state index contributed by atoms with van der Waals surface area (Å²) in [6.07, 6.45) is 2.39. The van der Waals surface area contributed by atoms with E-state index in [-0.39, 0.29) is 13.2 Å². The first-order valence-electron chi connectivity index (χ1n) is 7.76. The SMILES string of the molecule is CCOC(=O)C1(C(=O)OCC)Cc2cnc(C(C)C)cc2C1. The number of rotatable bonds is 5. The Morgan fingerprint density at radius 3 is 2.18 bits per heavy atom. The molecule has 0 fully saturated rings. The summed E-state index contributed by atoms with van der Waals surface area (Å²) in [6.45, 7) is 8.08. The van der Waals surface area contributed by atoms with Gasteiger partial charge in [-0.2, -0.15) is 0 Å². The van der Waals surface area contributed by atoms with Gasteiger partial charge >= 0.3 is 11.9 Å². The predicted molar refractivity (Wildman–Crippen MR) is 81.4 cm³/mol. The fourth-order valence-electron chi connectivity index (χ4n) is 2.81. The standard InChI is InChI=1S/C17H23NO4/c1-5-21-15(19)17(16(20)22-6-2)8-12-7-14(11(3)4)18-10-13(12)9-17/h7,10-11H,5-6,8-9H2,1-4H3. The van der Waals surface area contributed by atoms with Gasteiger partial charge in [-0.1, -0.05) is 13.8 Å². The summed E-state index contributed by atoms with van der Waals surface area (Å²) in [6, 6.07) is 1.99. The van der Waals surface area contributed by atoms with Crippen molar-refractivity contribution in [1.29, 1.82) is 0 Å². The molecule has 0 spiro atoms. The summed E-state index contributed by atoms with van der Waals surface area (Å²) in [5, 5.41) is 0. The number of pyridine rings is 1. The highest BCUT2D eigenvalue weighted by atomic mass is 16.6. The van der Waals surface area contributed by atoms with Crippen molar-refractivity contribution in [2.24, 2.45) is 5.41 Å². The Morgan fingerprint density at radius 2 is 1.68 bits per heavy atom. The second-order valence-electron chi connectivity index (χ2n) is 5.91. The lowest BCUT2D eigenvalue weighted by molar-refractivity contribution is -0.171. The van der Waals surface area contributed by atoms with E-state index in [0.29, 0.717) is 18.8 Å². The van der Waals surface area contributed by atoms with E-state index in [4.69, 9.17) is 9.47 Å². The van der Waals surface area contributed by atoms with Gasteiger partial charge in [0, 0.05) is 18.3 Å². The molecular formula is C17H23NO4. The molecule has 1 heterocycles. The van der Waals surface area contributed by atoms with Crippen LogP contribution >= 0.6 is 0 Å². The van der Waals surface area contributed by atoms with Crippen LogP contribution in [0.1, 0.15) is 50.4 Å². The lowest BCUT2D eigenvalue weighted by Crippen LogP contribution is -2.43. The molecule has 0 saturated heterocycles. The average molecular weight is 305 g/mol. The number of carbonyl (C=O) groups excluding carboxylic acids is 2. The predicted octanol–water partition coefficient (Wildman–Crippen LogP) is 2.42. The van der Waals surface area contributed by atoms with Crippen LogP contribution in [0.25, 0.3) is 0 Å². The summed E-state index contributed by atoms with van der Waals surface area (Å²) >= 11 is 0. The maximum absolute atomic E-state index is 12.4.